The Morgan fingerprint density at radius 1 is 1.29 bits per heavy atom. The van der Waals surface area contributed by atoms with Crippen molar-refractivity contribution < 1.29 is 24.2 Å². The minimum atomic E-state index is -1.00. The summed E-state index contributed by atoms with van der Waals surface area (Å²) in [5, 5.41) is 12.4. The Hall–Kier alpha value is -2.61. The van der Waals surface area contributed by atoms with Crippen molar-refractivity contribution in [3.63, 3.8) is 0 Å². The SMILES string of the molecule is CCC(C)N1C(=O)CN(CCC(=O)O)C(=O)c2cc(OCCC3CCNCC3)ccc21. The number of carboxylic acids is 1. The van der Waals surface area contributed by atoms with Crippen LogP contribution in [-0.4, -0.2) is 66.6 Å². The largest absolute Gasteiger partial charge is 0.494 e. The predicted octanol–water partition coefficient (Wildman–Crippen LogP) is 2.52. The molecule has 2 amide bonds. The molecule has 31 heavy (non-hydrogen) atoms. The number of piperidine rings is 1. The van der Waals surface area contributed by atoms with Crippen LogP contribution in [-0.2, 0) is 9.59 Å². The smallest absolute Gasteiger partial charge is 0.305 e. The number of fused-ring (bicyclic) bond motifs is 1. The number of benzene rings is 1. The van der Waals surface area contributed by atoms with E-state index in [0.717, 1.165) is 38.8 Å². The highest BCUT2D eigenvalue weighted by Crippen LogP contribution is 2.32. The van der Waals surface area contributed by atoms with Gasteiger partial charge in [0, 0.05) is 12.6 Å². The molecule has 0 saturated carbocycles. The van der Waals surface area contributed by atoms with Gasteiger partial charge in [-0.2, -0.15) is 0 Å². The molecule has 1 unspecified atom stereocenters. The van der Waals surface area contributed by atoms with Crippen molar-refractivity contribution in [2.45, 2.75) is 52.0 Å². The summed E-state index contributed by atoms with van der Waals surface area (Å²) in [6.07, 6.45) is 3.80. The second-order valence-electron chi connectivity index (χ2n) is 8.40. The van der Waals surface area contributed by atoms with Gasteiger partial charge in [-0.25, -0.2) is 0 Å². The first kappa shape index (κ1) is 23.1. The van der Waals surface area contributed by atoms with Crippen LogP contribution in [0.1, 0.15) is 56.3 Å². The second-order valence-corrected chi connectivity index (χ2v) is 8.40. The van der Waals surface area contributed by atoms with E-state index < -0.39 is 5.97 Å². The van der Waals surface area contributed by atoms with Crippen LogP contribution in [0, 0.1) is 5.92 Å². The van der Waals surface area contributed by atoms with Gasteiger partial charge in [0.15, 0.2) is 0 Å². The number of carboxylic acid groups (broad SMARTS) is 1. The molecule has 1 atom stereocenters. The number of hydrogen-bond acceptors (Lipinski definition) is 5. The quantitative estimate of drug-likeness (QED) is 0.623. The van der Waals surface area contributed by atoms with Crippen LogP contribution in [0.5, 0.6) is 5.75 Å². The first-order valence-corrected chi connectivity index (χ1v) is 11.2. The van der Waals surface area contributed by atoms with E-state index in [2.05, 4.69) is 5.32 Å². The first-order valence-electron chi connectivity index (χ1n) is 11.2. The number of anilines is 1. The standard InChI is InChI=1S/C23H33N3O5/c1-3-16(2)26-20-5-4-18(31-13-9-17-6-10-24-11-7-17)14-19(20)23(30)25(15-21(26)27)12-8-22(28)29/h4-5,14,16-17,24H,3,6-13,15H2,1-2H3,(H,28,29). The van der Waals surface area contributed by atoms with Crippen LogP contribution in [0.4, 0.5) is 5.69 Å². The molecule has 3 rings (SSSR count). The Labute approximate surface area is 183 Å². The molecule has 2 aliphatic rings. The summed E-state index contributed by atoms with van der Waals surface area (Å²) >= 11 is 0. The molecule has 170 valence electrons. The van der Waals surface area contributed by atoms with Crippen LogP contribution in [0.15, 0.2) is 18.2 Å². The molecule has 8 heteroatoms. The van der Waals surface area contributed by atoms with Crippen molar-refractivity contribution in [3.05, 3.63) is 23.8 Å². The number of nitrogens with one attached hydrogen (secondary N) is 1. The highest BCUT2D eigenvalue weighted by Gasteiger charge is 2.34. The number of hydrogen-bond donors (Lipinski definition) is 2. The van der Waals surface area contributed by atoms with Gasteiger partial charge in [0.1, 0.15) is 12.3 Å². The Morgan fingerprint density at radius 3 is 2.71 bits per heavy atom. The van der Waals surface area contributed by atoms with Crippen LogP contribution in [0.25, 0.3) is 0 Å². The van der Waals surface area contributed by atoms with Gasteiger partial charge in [0.05, 0.1) is 24.3 Å². The first-order chi connectivity index (χ1) is 14.9. The zero-order valence-corrected chi connectivity index (χ0v) is 18.4. The van der Waals surface area contributed by atoms with E-state index in [1.165, 1.54) is 4.90 Å². The summed E-state index contributed by atoms with van der Waals surface area (Å²) in [4.78, 5) is 40.2. The zero-order valence-electron chi connectivity index (χ0n) is 18.4. The average Bonchev–Trinajstić information content (AvgIpc) is 2.87. The number of carbonyl (C=O) groups is 3. The lowest BCUT2D eigenvalue weighted by atomic mass is 9.95. The number of ether oxygens (including phenoxy) is 1. The molecular weight excluding hydrogens is 398 g/mol. The lowest BCUT2D eigenvalue weighted by Crippen LogP contribution is -2.43. The fraction of sp³-hybridized carbons (Fsp3) is 0.609. The van der Waals surface area contributed by atoms with Crippen molar-refractivity contribution in [2.24, 2.45) is 5.92 Å². The van der Waals surface area contributed by atoms with Gasteiger partial charge in [-0.05, 0) is 69.8 Å². The fourth-order valence-corrected chi connectivity index (χ4v) is 4.19. The van der Waals surface area contributed by atoms with E-state index in [4.69, 9.17) is 9.84 Å². The molecule has 0 aliphatic carbocycles. The third kappa shape index (κ3) is 5.76. The number of aliphatic carboxylic acids is 1. The van der Waals surface area contributed by atoms with Gasteiger partial charge in [-0.1, -0.05) is 6.92 Å². The predicted molar refractivity (Wildman–Crippen MR) is 118 cm³/mol. The molecule has 2 aliphatic heterocycles. The number of amides is 2. The Morgan fingerprint density at radius 2 is 2.03 bits per heavy atom. The number of nitrogens with zero attached hydrogens (tertiary/aromatic N) is 2. The van der Waals surface area contributed by atoms with Crippen LogP contribution >= 0.6 is 0 Å². The molecule has 1 saturated heterocycles. The topological polar surface area (TPSA) is 99.2 Å². The van der Waals surface area contributed by atoms with Gasteiger partial charge in [-0.15, -0.1) is 0 Å². The summed E-state index contributed by atoms with van der Waals surface area (Å²) in [6, 6.07) is 5.20. The number of carbonyl (C=O) groups excluding carboxylic acids is 2. The van der Waals surface area contributed by atoms with E-state index in [9.17, 15) is 14.4 Å². The zero-order chi connectivity index (χ0) is 22.4. The Bertz CT molecular complexity index is 806. The normalized spacial score (nSPS) is 18.5. The molecule has 0 aromatic heterocycles. The van der Waals surface area contributed by atoms with Crippen molar-refractivity contribution in [1.29, 1.82) is 0 Å². The molecule has 2 heterocycles. The van der Waals surface area contributed by atoms with Gasteiger partial charge >= 0.3 is 5.97 Å². The van der Waals surface area contributed by atoms with Gasteiger partial charge in [-0.3, -0.25) is 14.4 Å². The molecule has 1 fully saturated rings. The Kier molecular flexibility index (Phi) is 7.90. The molecule has 1 aromatic carbocycles. The molecule has 2 N–H and O–H groups in total. The van der Waals surface area contributed by atoms with Gasteiger partial charge < -0.3 is 25.0 Å². The lowest BCUT2D eigenvalue weighted by Gasteiger charge is -2.28. The minimum Gasteiger partial charge on any atom is -0.494 e. The maximum Gasteiger partial charge on any atom is 0.305 e. The molecule has 1 aromatic rings. The molecular formula is C23H33N3O5. The third-order valence-corrected chi connectivity index (χ3v) is 6.22. The van der Waals surface area contributed by atoms with Crippen LogP contribution < -0.4 is 15.0 Å². The van der Waals surface area contributed by atoms with Crippen LogP contribution in [0.3, 0.4) is 0 Å². The maximum absolute atomic E-state index is 13.2. The summed E-state index contributed by atoms with van der Waals surface area (Å²) in [5.74, 6) is -0.296. The molecule has 0 bridgehead atoms. The monoisotopic (exact) mass is 431 g/mol. The molecule has 8 nitrogen and oxygen atoms in total. The van der Waals surface area contributed by atoms with Gasteiger partial charge in [0.2, 0.25) is 5.91 Å². The maximum atomic E-state index is 13.2. The van der Waals surface area contributed by atoms with E-state index in [-0.39, 0.29) is 37.4 Å². The van der Waals surface area contributed by atoms with E-state index in [1.807, 2.05) is 19.9 Å². The summed E-state index contributed by atoms with van der Waals surface area (Å²) in [5.41, 5.74) is 0.948. The van der Waals surface area contributed by atoms with Crippen LogP contribution in [0.2, 0.25) is 0 Å². The van der Waals surface area contributed by atoms with E-state index in [0.29, 0.717) is 29.5 Å². The summed E-state index contributed by atoms with van der Waals surface area (Å²) in [7, 11) is 0. The average molecular weight is 432 g/mol. The summed E-state index contributed by atoms with van der Waals surface area (Å²) < 4.78 is 5.96. The van der Waals surface area contributed by atoms with Gasteiger partial charge in [0.25, 0.3) is 5.91 Å². The fourth-order valence-electron chi connectivity index (χ4n) is 4.19. The molecule has 0 radical (unpaired) electrons. The Balaban J connectivity index is 1.81. The summed E-state index contributed by atoms with van der Waals surface area (Å²) in [6.45, 7) is 6.47. The second kappa shape index (κ2) is 10.6. The van der Waals surface area contributed by atoms with E-state index in [1.54, 1.807) is 17.0 Å². The minimum absolute atomic E-state index is 0.00546. The van der Waals surface area contributed by atoms with Crippen molar-refractivity contribution in [2.75, 3.05) is 37.7 Å². The van der Waals surface area contributed by atoms with Crippen molar-refractivity contribution in [1.82, 2.24) is 10.2 Å². The van der Waals surface area contributed by atoms with Crippen molar-refractivity contribution in [3.8, 4) is 5.75 Å². The van der Waals surface area contributed by atoms with E-state index >= 15 is 0 Å². The highest BCUT2D eigenvalue weighted by molar-refractivity contribution is 6.10. The number of rotatable bonds is 9. The lowest BCUT2D eigenvalue weighted by molar-refractivity contribution is -0.137. The third-order valence-electron chi connectivity index (χ3n) is 6.22. The molecule has 0 spiro atoms. The van der Waals surface area contributed by atoms with Crippen molar-refractivity contribution >= 4 is 23.5 Å². The highest BCUT2D eigenvalue weighted by atomic mass is 16.5.